The van der Waals surface area contributed by atoms with Gasteiger partial charge in [-0.2, -0.15) is 0 Å². The molecule has 1 heterocycles. The molecule has 3 nitrogen and oxygen atoms in total. The smallest absolute Gasteiger partial charge is 0.0368 e. The molecule has 3 heteroatoms. The minimum atomic E-state index is 0.585. The van der Waals surface area contributed by atoms with E-state index in [1.807, 2.05) is 0 Å². The fourth-order valence-electron chi connectivity index (χ4n) is 2.13. The number of anilines is 2. The zero-order valence-electron chi connectivity index (χ0n) is 10.4. The largest absolute Gasteiger partial charge is 0.378 e. The highest BCUT2D eigenvalue weighted by Crippen LogP contribution is 2.20. The molecule has 0 spiro atoms. The third kappa shape index (κ3) is 2.47. The van der Waals surface area contributed by atoms with Crippen molar-refractivity contribution in [3.05, 3.63) is 24.3 Å². The van der Waals surface area contributed by atoms with Crippen molar-refractivity contribution in [1.29, 1.82) is 0 Å². The van der Waals surface area contributed by atoms with Gasteiger partial charge >= 0.3 is 0 Å². The van der Waals surface area contributed by atoms with E-state index in [1.165, 1.54) is 11.4 Å². The number of hydrogen-bond acceptors (Lipinski definition) is 3. The van der Waals surface area contributed by atoms with Crippen LogP contribution in [-0.2, 0) is 0 Å². The summed E-state index contributed by atoms with van der Waals surface area (Å²) in [5, 5.41) is 3.46. The molecule has 2 rings (SSSR count). The molecule has 0 unspecified atom stereocenters. The molecule has 0 aliphatic carbocycles. The second-order valence-corrected chi connectivity index (χ2v) is 4.71. The summed E-state index contributed by atoms with van der Waals surface area (Å²) in [4.78, 5) is 4.57. The second kappa shape index (κ2) is 4.74. The first-order valence-electron chi connectivity index (χ1n) is 5.92. The third-order valence-corrected chi connectivity index (χ3v) is 3.10. The quantitative estimate of drug-likeness (QED) is 0.814. The van der Waals surface area contributed by atoms with E-state index in [0.29, 0.717) is 6.04 Å². The number of nitrogens with one attached hydrogen (secondary N) is 1. The Balaban J connectivity index is 2.09. The maximum atomic E-state index is 3.46. The lowest BCUT2D eigenvalue weighted by Crippen LogP contribution is -2.49. The van der Waals surface area contributed by atoms with Crippen molar-refractivity contribution in [1.82, 2.24) is 5.32 Å². The summed E-state index contributed by atoms with van der Waals surface area (Å²) in [5.41, 5.74) is 2.59. The average molecular weight is 219 g/mol. The molecule has 16 heavy (non-hydrogen) atoms. The van der Waals surface area contributed by atoms with Crippen molar-refractivity contribution in [2.24, 2.45) is 0 Å². The van der Waals surface area contributed by atoms with Crippen molar-refractivity contribution in [3.63, 3.8) is 0 Å². The van der Waals surface area contributed by atoms with Crippen LogP contribution in [-0.4, -0.2) is 39.8 Å². The standard InChI is InChI=1S/C13H21N3/c1-11-10-16(9-8-14-11)13-6-4-12(5-7-13)15(2)3/h4-7,11,14H,8-10H2,1-3H3/t11-/m1/s1. The summed E-state index contributed by atoms with van der Waals surface area (Å²) < 4.78 is 0. The number of benzene rings is 1. The predicted octanol–water partition coefficient (Wildman–Crippen LogP) is 1.55. The Morgan fingerprint density at radius 1 is 1.25 bits per heavy atom. The molecular formula is C13H21N3. The molecule has 1 aliphatic heterocycles. The van der Waals surface area contributed by atoms with E-state index in [4.69, 9.17) is 0 Å². The Bertz CT molecular complexity index is 332. The fourth-order valence-corrected chi connectivity index (χ4v) is 2.13. The predicted molar refractivity (Wildman–Crippen MR) is 70.4 cm³/mol. The van der Waals surface area contributed by atoms with E-state index in [-0.39, 0.29) is 0 Å². The van der Waals surface area contributed by atoms with E-state index in [0.717, 1.165) is 19.6 Å². The normalized spacial score (nSPS) is 20.9. The lowest BCUT2D eigenvalue weighted by atomic mass is 10.2. The van der Waals surface area contributed by atoms with E-state index in [2.05, 4.69) is 60.4 Å². The summed E-state index contributed by atoms with van der Waals surface area (Å²) in [6, 6.07) is 9.38. The van der Waals surface area contributed by atoms with Gasteiger partial charge in [-0.1, -0.05) is 0 Å². The van der Waals surface area contributed by atoms with Crippen molar-refractivity contribution in [3.8, 4) is 0 Å². The van der Waals surface area contributed by atoms with Gasteiger partial charge in [0.15, 0.2) is 0 Å². The van der Waals surface area contributed by atoms with Gasteiger partial charge in [0, 0.05) is 51.1 Å². The van der Waals surface area contributed by atoms with Crippen LogP contribution in [0.5, 0.6) is 0 Å². The van der Waals surface area contributed by atoms with Gasteiger partial charge in [0.2, 0.25) is 0 Å². The van der Waals surface area contributed by atoms with Crippen LogP contribution in [0.3, 0.4) is 0 Å². The van der Waals surface area contributed by atoms with Gasteiger partial charge in [-0.3, -0.25) is 0 Å². The molecule has 1 aromatic carbocycles. The minimum Gasteiger partial charge on any atom is -0.378 e. The van der Waals surface area contributed by atoms with Crippen molar-refractivity contribution >= 4 is 11.4 Å². The van der Waals surface area contributed by atoms with Gasteiger partial charge < -0.3 is 15.1 Å². The number of rotatable bonds is 2. The SMILES string of the molecule is C[C@@H]1CN(c2ccc(N(C)C)cc2)CCN1. The molecular weight excluding hydrogens is 198 g/mol. The van der Waals surface area contributed by atoms with Gasteiger partial charge in [-0.05, 0) is 31.2 Å². The molecule has 0 aromatic heterocycles. The zero-order chi connectivity index (χ0) is 11.5. The third-order valence-electron chi connectivity index (χ3n) is 3.10. The second-order valence-electron chi connectivity index (χ2n) is 4.71. The Hall–Kier alpha value is -1.22. The molecule has 0 saturated carbocycles. The van der Waals surface area contributed by atoms with Gasteiger partial charge in [0.1, 0.15) is 0 Å². The molecule has 0 bridgehead atoms. The van der Waals surface area contributed by atoms with Gasteiger partial charge in [-0.25, -0.2) is 0 Å². The fraction of sp³-hybridized carbons (Fsp3) is 0.538. The first-order valence-corrected chi connectivity index (χ1v) is 5.92. The van der Waals surface area contributed by atoms with E-state index >= 15 is 0 Å². The first-order chi connectivity index (χ1) is 7.66. The number of nitrogens with zero attached hydrogens (tertiary/aromatic N) is 2. The van der Waals surface area contributed by atoms with Crippen LogP contribution >= 0.6 is 0 Å². The maximum absolute atomic E-state index is 3.46. The zero-order valence-corrected chi connectivity index (χ0v) is 10.4. The van der Waals surface area contributed by atoms with E-state index in [1.54, 1.807) is 0 Å². The molecule has 1 aliphatic rings. The van der Waals surface area contributed by atoms with Crippen LogP contribution in [0.1, 0.15) is 6.92 Å². The average Bonchev–Trinajstić information content (AvgIpc) is 2.29. The number of hydrogen-bond donors (Lipinski definition) is 1. The molecule has 1 saturated heterocycles. The van der Waals surface area contributed by atoms with Crippen LogP contribution in [0.4, 0.5) is 11.4 Å². The van der Waals surface area contributed by atoms with Crippen molar-refractivity contribution < 1.29 is 0 Å². The highest BCUT2D eigenvalue weighted by molar-refractivity contribution is 5.56. The highest BCUT2D eigenvalue weighted by Gasteiger charge is 2.15. The molecule has 1 N–H and O–H groups in total. The van der Waals surface area contributed by atoms with Crippen LogP contribution < -0.4 is 15.1 Å². The molecule has 0 radical (unpaired) electrons. The van der Waals surface area contributed by atoms with Gasteiger partial charge in [0.25, 0.3) is 0 Å². The van der Waals surface area contributed by atoms with Crippen LogP contribution in [0, 0.1) is 0 Å². The Morgan fingerprint density at radius 3 is 2.50 bits per heavy atom. The Kier molecular flexibility index (Phi) is 3.34. The topological polar surface area (TPSA) is 18.5 Å². The van der Waals surface area contributed by atoms with Crippen LogP contribution in [0.15, 0.2) is 24.3 Å². The summed E-state index contributed by atoms with van der Waals surface area (Å²) in [6.45, 7) is 5.52. The summed E-state index contributed by atoms with van der Waals surface area (Å²) in [7, 11) is 4.14. The lowest BCUT2D eigenvalue weighted by molar-refractivity contribution is 0.485. The highest BCUT2D eigenvalue weighted by atomic mass is 15.2. The first kappa shape index (κ1) is 11.3. The molecule has 88 valence electrons. The van der Waals surface area contributed by atoms with E-state index < -0.39 is 0 Å². The summed E-state index contributed by atoms with van der Waals surface area (Å²) >= 11 is 0. The molecule has 0 amide bonds. The number of piperazine rings is 1. The summed E-state index contributed by atoms with van der Waals surface area (Å²) in [5.74, 6) is 0. The minimum absolute atomic E-state index is 0.585. The maximum Gasteiger partial charge on any atom is 0.0368 e. The van der Waals surface area contributed by atoms with Crippen molar-refractivity contribution in [2.45, 2.75) is 13.0 Å². The van der Waals surface area contributed by atoms with Gasteiger partial charge in [-0.15, -0.1) is 0 Å². The van der Waals surface area contributed by atoms with Crippen molar-refractivity contribution in [2.75, 3.05) is 43.5 Å². The monoisotopic (exact) mass is 219 g/mol. The lowest BCUT2D eigenvalue weighted by Gasteiger charge is -2.33. The van der Waals surface area contributed by atoms with Crippen LogP contribution in [0.2, 0.25) is 0 Å². The van der Waals surface area contributed by atoms with E-state index in [9.17, 15) is 0 Å². The Morgan fingerprint density at radius 2 is 1.94 bits per heavy atom. The molecule has 1 fully saturated rings. The Labute approximate surface area is 98.0 Å². The van der Waals surface area contributed by atoms with Crippen LogP contribution in [0.25, 0.3) is 0 Å². The molecule has 1 aromatic rings. The van der Waals surface area contributed by atoms with Gasteiger partial charge in [0.05, 0.1) is 0 Å². The summed E-state index contributed by atoms with van der Waals surface area (Å²) in [6.07, 6.45) is 0. The molecule has 1 atom stereocenters.